The van der Waals surface area contributed by atoms with Crippen molar-refractivity contribution in [2.24, 2.45) is 5.73 Å². The minimum absolute atomic E-state index is 0.0101. The predicted octanol–water partition coefficient (Wildman–Crippen LogP) is -0.610. The first-order chi connectivity index (χ1) is 8.39. The van der Waals surface area contributed by atoms with E-state index in [9.17, 15) is 14.4 Å². The molecule has 4 N–H and O–H groups in total. The molecule has 1 saturated carbocycles. The highest BCUT2D eigenvalue weighted by molar-refractivity contribution is 5.90. The Morgan fingerprint density at radius 3 is 2.44 bits per heavy atom. The maximum atomic E-state index is 11.8. The molecule has 0 aromatic carbocycles. The smallest absolute Gasteiger partial charge is 0.326 e. The van der Waals surface area contributed by atoms with Gasteiger partial charge >= 0.3 is 11.9 Å². The molecule has 1 aliphatic carbocycles. The lowest BCUT2D eigenvalue weighted by Crippen LogP contribution is -2.61. The summed E-state index contributed by atoms with van der Waals surface area (Å²) >= 11 is 0. The topological polar surface area (TPSA) is 119 Å². The largest absolute Gasteiger partial charge is 0.480 e. The molecule has 0 aromatic rings. The van der Waals surface area contributed by atoms with E-state index < -0.39 is 29.4 Å². The number of carbonyl (C=O) groups is 3. The van der Waals surface area contributed by atoms with Gasteiger partial charge in [0.2, 0.25) is 5.91 Å². The minimum atomic E-state index is -1.19. The molecule has 7 heteroatoms. The number of ether oxygens (including phenoxy) is 1. The lowest BCUT2D eigenvalue weighted by molar-refractivity contribution is -0.145. The summed E-state index contributed by atoms with van der Waals surface area (Å²) in [6, 6.07) is -1.11. The van der Waals surface area contributed by atoms with Crippen LogP contribution in [0.25, 0.3) is 0 Å². The van der Waals surface area contributed by atoms with Crippen molar-refractivity contribution in [3.63, 3.8) is 0 Å². The number of aliphatic carboxylic acids is 1. The van der Waals surface area contributed by atoms with Gasteiger partial charge in [0.25, 0.3) is 0 Å². The first-order valence-electron chi connectivity index (χ1n) is 5.78. The van der Waals surface area contributed by atoms with E-state index in [-0.39, 0.29) is 12.8 Å². The summed E-state index contributed by atoms with van der Waals surface area (Å²) in [6.45, 7) is 0. The van der Waals surface area contributed by atoms with Gasteiger partial charge in [0, 0.05) is 6.42 Å². The van der Waals surface area contributed by atoms with Crippen molar-refractivity contribution in [2.75, 3.05) is 7.11 Å². The Balaban J connectivity index is 2.50. The molecule has 7 nitrogen and oxygen atoms in total. The zero-order chi connectivity index (χ0) is 13.8. The second-order valence-corrected chi connectivity index (χ2v) is 4.49. The van der Waals surface area contributed by atoms with E-state index in [1.54, 1.807) is 0 Å². The van der Waals surface area contributed by atoms with Crippen molar-refractivity contribution in [1.29, 1.82) is 0 Å². The van der Waals surface area contributed by atoms with Crippen LogP contribution in [0.4, 0.5) is 0 Å². The highest BCUT2D eigenvalue weighted by atomic mass is 16.5. The van der Waals surface area contributed by atoms with Crippen LogP contribution in [0.2, 0.25) is 0 Å². The summed E-state index contributed by atoms with van der Waals surface area (Å²) in [5.41, 5.74) is 4.83. The summed E-state index contributed by atoms with van der Waals surface area (Å²) in [6.07, 6.45) is 1.91. The van der Waals surface area contributed by atoms with Crippen molar-refractivity contribution in [3.8, 4) is 0 Å². The summed E-state index contributed by atoms with van der Waals surface area (Å²) < 4.78 is 4.42. The Bertz CT molecular complexity index is 351. The maximum absolute atomic E-state index is 11.8. The zero-order valence-electron chi connectivity index (χ0n) is 10.3. The number of carboxylic acids is 1. The number of rotatable bonds is 6. The number of esters is 1. The average Bonchev–Trinajstić information content (AvgIpc) is 2.29. The SMILES string of the molecule is COC(=O)CC[C@H](NC(=O)C1(N)CCC1)C(=O)O. The van der Waals surface area contributed by atoms with E-state index in [2.05, 4.69) is 10.1 Å². The number of carboxylic acid groups (broad SMARTS) is 1. The fourth-order valence-corrected chi connectivity index (χ4v) is 1.71. The summed E-state index contributed by atoms with van der Waals surface area (Å²) in [5.74, 6) is -2.16. The molecule has 1 aliphatic rings. The van der Waals surface area contributed by atoms with E-state index in [0.29, 0.717) is 12.8 Å². The maximum Gasteiger partial charge on any atom is 0.326 e. The van der Waals surface area contributed by atoms with Crippen LogP contribution in [-0.4, -0.2) is 41.6 Å². The number of carbonyl (C=O) groups excluding carboxylic acids is 2. The molecule has 1 rings (SSSR count). The first kappa shape index (κ1) is 14.4. The third kappa shape index (κ3) is 3.43. The van der Waals surface area contributed by atoms with Crippen LogP contribution in [0.15, 0.2) is 0 Å². The van der Waals surface area contributed by atoms with Crippen LogP contribution < -0.4 is 11.1 Å². The van der Waals surface area contributed by atoms with Crippen molar-refractivity contribution in [2.45, 2.75) is 43.7 Å². The van der Waals surface area contributed by atoms with Crippen LogP contribution in [0.1, 0.15) is 32.1 Å². The number of amides is 1. The van der Waals surface area contributed by atoms with Crippen LogP contribution in [0.5, 0.6) is 0 Å². The number of methoxy groups -OCH3 is 1. The molecule has 1 atom stereocenters. The molecular formula is C11H18N2O5. The molecule has 0 aromatic heterocycles. The summed E-state index contributed by atoms with van der Waals surface area (Å²) in [5, 5.41) is 11.3. The van der Waals surface area contributed by atoms with Gasteiger partial charge in [0.05, 0.1) is 12.6 Å². The normalized spacial score (nSPS) is 18.3. The molecule has 0 heterocycles. The molecule has 1 amide bonds. The van der Waals surface area contributed by atoms with Gasteiger partial charge in [0.15, 0.2) is 0 Å². The van der Waals surface area contributed by atoms with Crippen molar-refractivity contribution in [1.82, 2.24) is 5.32 Å². The van der Waals surface area contributed by atoms with Crippen LogP contribution in [0.3, 0.4) is 0 Å². The number of nitrogens with two attached hydrogens (primary N) is 1. The Kier molecular flexibility index (Phi) is 4.66. The first-order valence-corrected chi connectivity index (χ1v) is 5.78. The highest BCUT2D eigenvalue weighted by Gasteiger charge is 2.41. The molecule has 0 radical (unpaired) electrons. The molecule has 0 aliphatic heterocycles. The highest BCUT2D eigenvalue weighted by Crippen LogP contribution is 2.29. The van der Waals surface area contributed by atoms with Gasteiger partial charge < -0.3 is 20.9 Å². The van der Waals surface area contributed by atoms with Crippen molar-refractivity contribution in [3.05, 3.63) is 0 Å². The second kappa shape index (κ2) is 5.81. The fraction of sp³-hybridized carbons (Fsp3) is 0.727. The van der Waals surface area contributed by atoms with Crippen LogP contribution >= 0.6 is 0 Å². The third-order valence-corrected chi connectivity index (χ3v) is 3.17. The molecule has 0 saturated heterocycles. The van der Waals surface area contributed by atoms with E-state index >= 15 is 0 Å². The third-order valence-electron chi connectivity index (χ3n) is 3.17. The van der Waals surface area contributed by atoms with Crippen molar-refractivity contribution >= 4 is 17.8 Å². The predicted molar refractivity (Wildman–Crippen MR) is 61.6 cm³/mol. The Morgan fingerprint density at radius 1 is 1.44 bits per heavy atom. The molecule has 102 valence electrons. The Hall–Kier alpha value is -1.63. The van der Waals surface area contributed by atoms with Gasteiger partial charge in [-0.3, -0.25) is 9.59 Å². The summed E-state index contributed by atoms with van der Waals surface area (Å²) in [7, 11) is 1.22. The van der Waals surface area contributed by atoms with Gasteiger partial charge in [-0.1, -0.05) is 0 Å². The Labute approximate surface area is 105 Å². The standard InChI is InChI=1S/C11H18N2O5/c1-18-8(14)4-3-7(9(15)16)13-10(17)11(12)5-2-6-11/h7H,2-6,12H2,1H3,(H,13,17)(H,15,16)/t7-/m0/s1. The van der Waals surface area contributed by atoms with E-state index in [0.717, 1.165) is 6.42 Å². The number of hydrogen-bond acceptors (Lipinski definition) is 5. The van der Waals surface area contributed by atoms with E-state index in [4.69, 9.17) is 10.8 Å². The molecule has 0 unspecified atom stereocenters. The van der Waals surface area contributed by atoms with Gasteiger partial charge in [-0.15, -0.1) is 0 Å². The molecule has 0 spiro atoms. The lowest BCUT2D eigenvalue weighted by atomic mass is 9.77. The molecule has 18 heavy (non-hydrogen) atoms. The van der Waals surface area contributed by atoms with E-state index in [1.165, 1.54) is 7.11 Å². The molecule has 0 bridgehead atoms. The Morgan fingerprint density at radius 2 is 2.06 bits per heavy atom. The van der Waals surface area contributed by atoms with Crippen LogP contribution in [0, 0.1) is 0 Å². The number of nitrogens with one attached hydrogen (secondary N) is 1. The number of hydrogen-bond donors (Lipinski definition) is 3. The lowest BCUT2D eigenvalue weighted by Gasteiger charge is -2.37. The zero-order valence-corrected chi connectivity index (χ0v) is 10.3. The minimum Gasteiger partial charge on any atom is -0.480 e. The monoisotopic (exact) mass is 258 g/mol. The average molecular weight is 258 g/mol. The second-order valence-electron chi connectivity index (χ2n) is 4.49. The van der Waals surface area contributed by atoms with Gasteiger partial charge in [-0.05, 0) is 25.7 Å². The van der Waals surface area contributed by atoms with Crippen LogP contribution in [-0.2, 0) is 19.1 Å². The van der Waals surface area contributed by atoms with Crippen molar-refractivity contribution < 1.29 is 24.2 Å². The molecule has 1 fully saturated rings. The summed E-state index contributed by atoms with van der Waals surface area (Å²) in [4.78, 5) is 33.7. The van der Waals surface area contributed by atoms with E-state index in [1.807, 2.05) is 0 Å². The quantitative estimate of drug-likeness (QED) is 0.547. The fourth-order valence-electron chi connectivity index (χ4n) is 1.71. The van der Waals surface area contributed by atoms with Gasteiger partial charge in [-0.25, -0.2) is 4.79 Å². The molecular weight excluding hydrogens is 240 g/mol. The van der Waals surface area contributed by atoms with Gasteiger partial charge in [0.1, 0.15) is 6.04 Å². The van der Waals surface area contributed by atoms with Gasteiger partial charge in [-0.2, -0.15) is 0 Å².